The molecule has 2 nitrogen and oxygen atoms in total. The number of hydrogen-bond acceptors (Lipinski definition) is 2. The molecule has 20 heavy (non-hydrogen) atoms. The Bertz CT molecular complexity index is 583. The third-order valence-corrected chi connectivity index (χ3v) is 3.88. The van der Waals surface area contributed by atoms with Crippen molar-refractivity contribution < 1.29 is 4.74 Å². The van der Waals surface area contributed by atoms with Gasteiger partial charge in [-0.3, -0.25) is 0 Å². The lowest BCUT2D eigenvalue weighted by Gasteiger charge is -2.19. The van der Waals surface area contributed by atoms with Crippen molar-refractivity contribution in [1.29, 1.82) is 0 Å². The fourth-order valence-corrected chi connectivity index (χ4v) is 2.31. The van der Waals surface area contributed by atoms with E-state index in [1.165, 1.54) is 11.1 Å². The second-order valence-corrected chi connectivity index (χ2v) is 5.33. The summed E-state index contributed by atoms with van der Waals surface area (Å²) < 4.78 is 5.88. The average molecular weight is 290 g/mol. The molecule has 0 radical (unpaired) electrons. The molecule has 0 aliphatic rings. The van der Waals surface area contributed by atoms with Crippen molar-refractivity contribution in [3.63, 3.8) is 0 Å². The van der Waals surface area contributed by atoms with Crippen LogP contribution in [0.2, 0.25) is 5.02 Å². The molecular weight excluding hydrogens is 270 g/mol. The number of rotatable bonds is 5. The molecule has 0 saturated heterocycles. The predicted octanol–water partition coefficient (Wildman–Crippen LogP) is 4.30. The van der Waals surface area contributed by atoms with Gasteiger partial charge in [-0.25, -0.2) is 0 Å². The molecule has 0 saturated carbocycles. The molecule has 0 heterocycles. The Hall–Kier alpha value is -1.51. The van der Waals surface area contributed by atoms with Gasteiger partial charge in [-0.1, -0.05) is 35.9 Å². The van der Waals surface area contributed by atoms with E-state index >= 15 is 0 Å². The van der Waals surface area contributed by atoms with Crippen molar-refractivity contribution >= 4 is 11.6 Å². The summed E-state index contributed by atoms with van der Waals surface area (Å²) in [5.41, 5.74) is 3.56. The van der Waals surface area contributed by atoms with E-state index in [1.54, 1.807) is 0 Å². The van der Waals surface area contributed by atoms with Crippen LogP contribution in [0.25, 0.3) is 0 Å². The summed E-state index contributed by atoms with van der Waals surface area (Å²) in [5.74, 6) is 0.848. The van der Waals surface area contributed by atoms with Gasteiger partial charge in [0.15, 0.2) is 0 Å². The number of ether oxygens (including phenoxy) is 1. The van der Waals surface area contributed by atoms with Crippen LogP contribution in [-0.4, -0.2) is 13.7 Å². The summed E-state index contributed by atoms with van der Waals surface area (Å²) in [5, 5.41) is 4.07. The molecule has 2 aromatic carbocycles. The molecular formula is C17H20ClNO. The van der Waals surface area contributed by atoms with Crippen molar-refractivity contribution in [1.82, 2.24) is 5.32 Å². The summed E-state index contributed by atoms with van der Waals surface area (Å²) in [6.45, 7) is 4.68. The highest BCUT2D eigenvalue weighted by Gasteiger charge is 2.12. The zero-order valence-corrected chi connectivity index (χ0v) is 12.9. The molecule has 2 rings (SSSR count). The maximum atomic E-state index is 6.02. The van der Waals surface area contributed by atoms with Crippen LogP contribution < -0.4 is 10.1 Å². The van der Waals surface area contributed by atoms with Crippen molar-refractivity contribution in [3.8, 4) is 5.75 Å². The third-order valence-electron chi connectivity index (χ3n) is 3.46. The quantitative estimate of drug-likeness (QED) is 0.886. The first-order valence-electron chi connectivity index (χ1n) is 6.73. The van der Waals surface area contributed by atoms with Crippen LogP contribution >= 0.6 is 11.6 Å². The summed E-state index contributed by atoms with van der Waals surface area (Å²) in [7, 11) is 1.95. The topological polar surface area (TPSA) is 21.3 Å². The summed E-state index contributed by atoms with van der Waals surface area (Å²) in [6, 6.07) is 14.3. The first-order valence-corrected chi connectivity index (χ1v) is 7.11. The van der Waals surface area contributed by atoms with Gasteiger partial charge in [-0.05, 0) is 55.8 Å². The molecule has 0 aliphatic carbocycles. The fraction of sp³-hybridized carbons (Fsp3) is 0.294. The van der Waals surface area contributed by atoms with Crippen molar-refractivity contribution in [2.45, 2.75) is 19.9 Å². The largest absolute Gasteiger partial charge is 0.492 e. The Kier molecular flexibility index (Phi) is 5.05. The first-order chi connectivity index (χ1) is 9.61. The third kappa shape index (κ3) is 3.53. The van der Waals surface area contributed by atoms with Gasteiger partial charge in [-0.2, -0.15) is 0 Å². The molecule has 2 aromatic rings. The zero-order valence-electron chi connectivity index (χ0n) is 12.1. The summed E-state index contributed by atoms with van der Waals surface area (Å²) in [4.78, 5) is 0. The molecule has 0 fully saturated rings. The highest BCUT2D eigenvalue weighted by atomic mass is 35.5. The summed E-state index contributed by atoms with van der Waals surface area (Å²) >= 11 is 6.02. The van der Waals surface area contributed by atoms with Gasteiger partial charge in [0, 0.05) is 5.02 Å². The van der Waals surface area contributed by atoms with Gasteiger partial charge in [0.25, 0.3) is 0 Å². The Balaban J connectivity index is 2.08. The van der Waals surface area contributed by atoms with Crippen LogP contribution in [-0.2, 0) is 0 Å². The molecule has 0 bridgehead atoms. The first kappa shape index (κ1) is 14.9. The molecule has 1 atom stereocenters. The van der Waals surface area contributed by atoms with Gasteiger partial charge < -0.3 is 10.1 Å². The molecule has 1 N–H and O–H groups in total. The van der Waals surface area contributed by atoms with E-state index in [4.69, 9.17) is 16.3 Å². The standard InChI is InChI=1S/C17H20ClNO/c1-12-6-4-5-7-15(12)17(19-3)11-20-14-8-9-16(18)13(2)10-14/h4-10,17,19H,11H2,1-3H3. The normalized spacial score (nSPS) is 12.2. The van der Waals surface area contributed by atoms with Crippen LogP contribution in [0.1, 0.15) is 22.7 Å². The second kappa shape index (κ2) is 6.78. The van der Waals surface area contributed by atoms with Crippen LogP contribution in [0.15, 0.2) is 42.5 Å². The van der Waals surface area contributed by atoms with E-state index in [0.717, 1.165) is 16.3 Å². The van der Waals surface area contributed by atoms with E-state index in [-0.39, 0.29) is 6.04 Å². The lowest BCUT2D eigenvalue weighted by molar-refractivity contribution is 0.272. The Labute approximate surface area is 125 Å². The minimum Gasteiger partial charge on any atom is -0.492 e. The Morgan fingerprint density at radius 3 is 2.50 bits per heavy atom. The number of benzene rings is 2. The molecule has 1 unspecified atom stereocenters. The molecule has 0 aliphatic heterocycles. The number of halogens is 1. The van der Waals surface area contributed by atoms with Gasteiger partial charge in [-0.15, -0.1) is 0 Å². The predicted molar refractivity (Wildman–Crippen MR) is 84.7 cm³/mol. The minimum absolute atomic E-state index is 0.173. The summed E-state index contributed by atoms with van der Waals surface area (Å²) in [6.07, 6.45) is 0. The molecule has 3 heteroatoms. The molecule has 0 spiro atoms. The average Bonchev–Trinajstić information content (AvgIpc) is 2.45. The SMILES string of the molecule is CNC(COc1ccc(Cl)c(C)c1)c1ccccc1C. The van der Waals surface area contributed by atoms with Crippen LogP contribution in [0.5, 0.6) is 5.75 Å². The van der Waals surface area contributed by atoms with E-state index < -0.39 is 0 Å². The highest BCUT2D eigenvalue weighted by molar-refractivity contribution is 6.31. The van der Waals surface area contributed by atoms with Crippen molar-refractivity contribution in [3.05, 3.63) is 64.2 Å². The van der Waals surface area contributed by atoms with Gasteiger partial charge in [0.1, 0.15) is 12.4 Å². The highest BCUT2D eigenvalue weighted by Crippen LogP contribution is 2.23. The van der Waals surface area contributed by atoms with E-state index in [0.29, 0.717) is 6.61 Å². The molecule has 0 amide bonds. The van der Waals surface area contributed by atoms with Crippen LogP contribution in [0.4, 0.5) is 0 Å². The lowest BCUT2D eigenvalue weighted by atomic mass is 10.0. The van der Waals surface area contributed by atoms with Crippen LogP contribution in [0.3, 0.4) is 0 Å². The van der Waals surface area contributed by atoms with E-state index in [9.17, 15) is 0 Å². The van der Waals surface area contributed by atoms with Crippen molar-refractivity contribution in [2.24, 2.45) is 0 Å². The Morgan fingerprint density at radius 1 is 1.10 bits per heavy atom. The maximum absolute atomic E-state index is 6.02. The smallest absolute Gasteiger partial charge is 0.119 e. The number of likely N-dealkylation sites (N-methyl/N-ethyl adjacent to an activating group) is 1. The van der Waals surface area contributed by atoms with Gasteiger partial charge >= 0.3 is 0 Å². The minimum atomic E-state index is 0.173. The number of hydrogen-bond donors (Lipinski definition) is 1. The van der Waals surface area contributed by atoms with Gasteiger partial charge in [0.2, 0.25) is 0 Å². The lowest BCUT2D eigenvalue weighted by Crippen LogP contribution is -2.24. The second-order valence-electron chi connectivity index (χ2n) is 4.92. The van der Waals surface area contributed by atoms with Gasteiger partial charge in [0.05, 0.1) is 6.04 Å². The molecule has 106 valence electrons. The molecule has 0 aromatic heterocycles. The zero-order chi connectivity index (χ0) is 14.5. The van der Waals surface area contributed by atoms with E-state index in [1.807, 2.05) is 32.2 Å². The fourth-order valence-electron chi connectivity index (χ4n) is 2.19. The number of aryl methyl sites for hydroxylation is 2. The number of nitrogens with one attached hydrogen (secondary N) is 1. The maximum Gasteiger partial charge on any atom is 0.119 e. The van der Waals surface area contributed by atoms with Crippen molar-refractivity contribution in [2.75, 3.05) is 13.7 Å². The van der Waals surface area contributed by atoms with E-state index in [2.05, 4.69) is 36.5 Å². The monoisotopic (exact) mass is 289 g/mol. The Morgan fingerprint density at radius 2 is 1.85 bits per heavy atom. The van der Waals surface area contributed by atoms with Crippen LogP contribution in [0, 0.1) is 13.8 Å².